The van der Waals surface area contributed by atoms with Crippen LogP contribution in [0.3, 0.4) is 0 Å². The van der Waals surface area contributed by atoms with Crippen molar-refractivity contribution in [3.8, 4) is 0 Å². The first-order valence-corrected chi connectivity index (χ1v) is 9.47. The van der Waals surface area contributed by atoms with Crippen molar-refractivity contribution >= 4 is 29.8 Å². The Labute approximate surface area is 178 Å². The fourth-order valence-corrected chi connectivity index (χ4v) is 2.73. The van der Waals surface area contributed by atoms with Crippen molar-refractivity contribution in [1.29, 1.82) is 5.41 Å². The van der Waals surface area contributed by atoms with Crippen LogP contribution in [0.25, 0.3) is 0 Å². The summed E-state index contributed by atoms with van der Waals surface area (Å²) >= 11 is 0. The summed E-state index contributed by atoms with van der Waals surface area (Å²) in [5.74, 6) is -0.0606. The highest BCUT2D eigenvalue weighted by molar-refractivity contribution is 6.14. The number of hydrazone groups is 1. The third-order valence-corrected chi connectivity index (χ3v) is 4.52. The van der Waals surface area contributed by atoms with Gasteiger partial charge in [0, 0.05) is 37.7 Å². The molecule has 8 nitrogen and oxygen atoms in total. The molecule has 31 heavy (non-hydrogen) atoms. The molecule has 0 spiro atoms. The third-order valence-electron chi connectivity index (χ3n) is 4.52. The predicted molar refractivity (Wildman–Crippen MR) is 114 cm³/mol. The van der Waals surface area contributed by atoms with Crippen LogP contribution in [0.1, 0.15) is 35.1 Å². The topological polar surface area (TPSA) is 106 Å². The van der Waals surface area contributed by atoms with Gasteiger partial charge in [0.05, 0.1) is 17.5 Å². The van der Waals surface area contributed by atoms with Crippen molar-refractivity contribution in [2.75, 3.05) is 24.3 Å². The number of halogens is 3. The summed E-state index contributed by atoms with van der Waals surface area (Å²) in [5.41, 5.74) is 3.10. The van der Waals surface area contributed by atoms with Crippen molar-refractivity contribution in [1.82, 2.24) is 14.9 Å². The number of likely N-dealkylation sites (N-methyl/N-ethyl adjacent to an activating group) is 1. The number of pyridine rings is 2. The summed E-state index contributed by atoms with van der Waals surface area (Å²) in [4.78, 5) is 22.7. The maximum atomic E-state index is 13.1. The average molecular weight is 435 g/mol. The molecule has 166 valence electrons. The van der Waals surface area contributed by atoms with Gasteiger partial charge in [0.1, 0.15) is 5.82 Å². The van der Waals surface area contributed by atoms with Crippen molar-refractivity contribution in [3.05, 3.63) is 47.4 Å². The zero-order valence-electron chi connectivity index (χ0n) is 17.4. The minimum absolute atomic E-state index is 0.177. The van der Waals surface area contributed by atoms with Crippen LogP contribution in [-0.4, -0.2) is 52.8 Å². The molecule has 1 atom stereocenters. The second-order valence-electron chi connectivity index (χ2n) is 6.69. The minimum Gasteiger partial charge on any atom is -0.368 e. The van der Waals surface area contributed by atoms with Gasteiger partial charge in [0.2, 0.25) is 0 Å². The van der Waals surface area contributed by atoms with Gasteiger partial charge in [-0.3, -0.25) is 10.2 Å². The Balaban J connectivity index is 2.12. The van der Waals surface area contributed by atoms with Gasteiger partial charge in [-0.15, -0.1) is 0 Å². The molecular weight excluding hydrogens is 411 g/mol. The van der Waals surface area contributed by atoms with Crippen LogP contribution < -0.4 is 10.7 Å². The lowest BCUT2D eigenvalue weighted by Gasteiger charge is -2.28. The first-order chi connectivity index (χ1) is 14.7. The molecule has 0 saturated heterocycles. The van der Waals surface area contributed by atoms with E-state index < -0.39 is 11.7 Å². The molecule has 1 unspecified atom stereocenters. The Bertz CT molecular complexity index is 929. The number of alkyl halides is 3. The maximum absolute atomic E-state index is 13.1. The fraction of sp³-hybridized carbons (Fsp3) is 0.350. The lowest BCUT2D eigenvalue weighted by atomic mass is 10.1. The van der Waals surface area contributed by atoms with E-state index in [2.05, 4.69) is 25.8 Å². The monoisotopic (exact) mass is 435 g/mol. The second-order valence-corrected chi connectivity index (χ2v) is 6.69. The Kier molecular flexibility index (Phi) is 8.06. The van der Waals surface area contributed by atoms with Gasteiger partial charge in [-0.1, -0.05) is 6.92 Å². The van der Waals surface area contributed by atoms with Gasteiger partial charge in [0.25, 0.3) is 5.91 Å². The van der Waals surface area contributed by atoms with E-state index in [0.717, 1.165) is 18.5 Å². The standard InChI is InChI=1S/C20H24F3N7O/c1-4-15(12-26-17-8-6-14(11-25-17)20(21,22)23)30(3)19(31)18-16(29-27-10-9-24)7-5-13(2)28-18/h5-11,15,24,29H,4,12H2,1-3H3,(H,25,26)/b24-9?,27-10-. The molecular formula is C20H24F3N7O. The number of carbonyl (C=O) groups is 1. The molecule has 1 amide bonds. The zero-order valence-corrected chi connectivity index (χ0v) is 17.4. The normalized spacial score (nSPS) is 12.5. The largest absolute Gasteiger partial charge is 0.417 e. The van der Waals surface area contributed by atoms with E-state index in [-0.39, 0.29) is 30.0 Å². The number of carbonyl (C=O) groups excluding carboxylic acids is 1. The maximum Gasteiger partial charge on any atom is 0.417 e. The highest BCUT2D eigenvalue weighted by atomic mass is 19.4. The molecule has 0 fully saturated rings. The Morgan fingerprint density at radius 2 is 2.06 bits per heavy atom. The number of nitrogens with zero attached hydrogens (tertiary/aromatic N) is 4. The molecule has 0 bridgehead atoms. The summed E-state index contributed by atoms with van der Waals surface area (Å²) in [6.07, 6.45) is -0.860. The van der Waals surface area contributed by atoms with Gasteiger partial charge in [0.15, 0.2) is 5.69 Å². The number of nitrogens with one attached hydrogen (secondary N) is 3. The number of aromatic nitrogens is 2. The van der Waals surface area contributed by atoms with E-state index >= 15 is 0 Å². The van der Waals surface area contributed by atoms with Gasteiger partial charge in [-0.2, -0.15) is 18.3 Å². The van der Waals surface area contributed by atoms with Crippen LogP contribution >= 0.6 is 0 Å². The lowest BCUT2D eigenvalue weighted by molar-refractivity contribution is -0.137. The quantitative estimate of drug-likeness (QED) is 0.410. The molecule has 0 aromatic carbocycles. The van der Waals surface area contributed by atoms with E-state index in [1.165, 1.54) is 17.2 Å². The number of hydrogen-bond donors (Lipinski definition) is 3. The molecule has 2 heterocycles. The summed E-state index contributed by atoms with van der Waals surface area (Å²) in [6.45, 7) is 3.95. The molecule has 2 aromatic heterocycles. The van der Waals surface area contributed by atoms with Crippen LogP contribution in [0.15, 0.2) is 35.6 Å². The molecule has 0 aliphatic rings. The summed E-state index contributed by atoms with van der Waals surface area (Å²) < 4.78 is 38.0. The highest BCUT2D eigenvalue weighted by Gasteiger charge is 2.30. The van der Waals surface area contributed by atoms with E-state index in [4.69, 9.17) is 5.41 Å². The Morgan fingerprint density at radius 3 is 2.65 bits per heavy atom. The second kappa shape index (κ2) is 10.5. The molecule has 0 aliphatic heterocycles. The van der Waals surface area contributed by atoms with E-state index in [1.807, 2.05) is 6.92 Å². The van der Waals surface area contributed by atoms with Crippen LogP contribution in [0.4, 0.5) is 24.7 Å². The first-order valence-electron chi connectivity index (χ1n) is 9.47. The van der Waals surface area contributed by atoms with Crippen molar-refractivity contribution < 1.29 is 18.0 Å². The molecule has 11 heteroatoms. The van der Waals surface area contributed by atoms with Crippen molar-refractivity contribution in [2.24, 2.45) is 5.10 Å². The van der Waals surface area contributed by atoms with Crippen LogP contribution in [0.5, 0.6) is 0 Å². The van der Waals surface area contributed by atoms with E-state index in [9.17, 15) is 18.0 Å². The van der Waals surface area contributed by atoms with Crippen molar-refractivity contribution in [2.45, 2.75) is 32.5 Å². The number of anilines is 2. The van der Waals surface area contributed by atoms with E-state index in [1.54, 1.807) is 26.1 Å². The van der Waals surface area contributed by atoms with Crippen LogP contribution in [0, 0.1) is 12.3 Å². The predicted octanol–water partition coefficient (Wildman–Crippen LogP) is 3.81. The first kappa shape index (κ1) is 23.8. The highest BCUT2D eigenvalue weighted by Crippen LogP contribution is 2.28. The number of hydrogen-bond acceptors (Lipinski definition) is 7. The smallest absolute Gasteiger partial charge is 0.368 e. The SMILES string of the molecule is CCC(CNc1ccc(C(F)(F)F)cn1)N(C)C(=O)c1nc(C)ccc1N/N=C\C=N. The summed E-state index contributed by atoms with van der Waals surface area (Å²) in [5, 5.41) is 13.8. The van der Waals surface area contributed by atoms with Crippen molar-refractivity contribution in [3.63, 3.8) is 0 Å². The third kappa shape index (κ3) is 6.49. The lowest BCUT2D eigenvalue weighted by Crippen LogP contribution is -2.41. The number of aryl methyl sites for hydroxylation is 1. The Hall–Kier alpha value is -3.50. The van der Waals surface area contributed by atoms with Gasteiger partial charge >= 0.3 is 6.18 Å². The molecule has 0 aliphatic carbocycles. The number of amides is 1. The fourth-order valence-electron chi connectivity index (χ4n) is 2.73. The minimum atomic E-state index is -4.45. The van der Waals surface area contributed by atoms with Gasteiger partial charge in [-0.25, -0.2) is 9.97 Å². The zero-order chi connectivity index (χ0) is 23.0. The molecule has 0 radical (unpaired) electrons. The van der Waals surface area contributed by atoms with Gasteiger partial charge in [-0.05, 0) is 37.6 Å². The Morgan fingerprint density at radius 1 is 1.32 bits per heavy atom. The van der Waals surface area contributed by atoms with Crippen LogP contribution in [0.2, 0.25) is 0 Å². The summed E-state index contributed by atoms with van der Waals surface area (Å²) in [6, 6.07) is 5.35. The van der Waals surface area contributed by atoms with E-state index in [0.29, 0.717) is 17.8 Å². The van der Waals surface area contributed by atoms with Gasteiger partial charge < -0.3 is 15.6 Å². The number of rotatable bonds is 9. The molecule has 3 N–H and O–H groups in total. The average Bonchev–Trinajstić information content (AvgIpc) is 2.74. The molecule has 2 rings (SSSR count). The molecule has 0 saturated carbocycles. The molecule has 2 aromatic rings. The summed E-state index contributed by atoms with van der Waals surface area (Å²) in [7, 11) is 1.63. The van der Waals surface area contributed by atoms with Crippen LogP contribution in [-0.2, 0) is 6.18 Å².